The summed E-state index contributed by atoms with van der Waals surface area (Å²) in [6.07, 6.45) is 1.67. The molecule has 0 atom stereocenters. The van der Waals surface area contributed by atoms with E-state index in [2.05, 4.69) is 17.6 Å². The SMILES string of the molecule is CNC(=O)CCNC(=O)C1(C(N)=S)CC(C)C1. The maximum absolute atomic E-state index is 12.0. The summed E-state index contributed by atoms with van der Waals surface area (Å²) >= 11 is 4.97. The first-order valence-electron chi connectivity index (χ1n) is 5.71. The summed E-state index contributed by atoms with van der Waals surface area (Å²) in [4.78, 5) is 23.3. The van der Waals surface area contributed by atoms with Crippen molar-refractivity contribution in [1.29, 1.82) is 0 Å². The average molecular weight is 257 g/mol. The van der Waals surface area contributed by atoms with Crippen LogP contribution in [0.2, 0.25) is 0 Å². The summed E-state index contributed by atoms with van der Waals surface area (Å²) in [7, 11) is 1.56. The Balaban J connectivity index is 2.46. The Morgan fingerprint density at radius 3 is 2.47 bits per heavy atom. The monoisotopic (exact) mass is 257 g/mol. The number of rotatable bonds is 5. The molecule has 1 saturated carbocycles. The van der Waals surface area contributed by atoms with E-state index >= 15 is 0 Å². The molecule has 0 aliphatic heterocycles. The molecule has 1 aliphatic rings. The Kier molecular flexibility index (Phi) is 4.45. The van der Waals surface area contributed by atoms with Gasteiger partial charge in [0.2, 0.25) is 11.8 Å². The third-order valence-electron chi connectivity index (χ3n) is 3.22. The molecule has 0 bridgehead atoms. The number of hydrogen-bond acceptors (Lipinski definition) is 3. The molecule has 1 fully saturated rings. The van der Waals surface area contributed by atoms with Gasteiger partial charge in [0.05, 0.1) is 10.4 Å². The maximum atomic E-state index is 12.0. The van der Waals surface area contributed by atoms with Gasteiger partial charge in [-0.2, -0.15) is 0 Å². The van der Waals surface area contributed by atoms with E-state index < -0.39 is 5.41 Å². The Bertz CT molecular complexity index is 338. The molecule has 17 heavy (non-hydrogen) atoms. The van der Waals surface area contributed by atoms with Crippen molar-refractivity contribution in [2.24, 2.45) is 17.1 Å². The van der Waals surface area contributed by atoms with Gasteiger partial charge in [-0.1, -0.05) is 19.1 Å². The van der Waals surface area contributed by atoms with Crippen LogP contribution < -0.4 is 16.4 Å². The second-order valence-electron chi connectivity index (χ2n) is 4.64. The fraction of sp³-hybridized carbons (Fsp3) is 0.727. The minimum atomic E-state index is -0.683. The van der Waals surface area contributed by atoms with E-state index in [9.17, 15) is 9.59 Å². The van der Waals surface area contributed by atoms with Crippen LogP contribution in [0.15, 0.2) is 0 Å². The molecular weight excluding hydrogens is 238 g/mol. The summed E-state index contributed by atoms with van der Waals surface area (Å²) < 4.78 is 0. The van der Waals surface area contributed by atoms with Crippen LogP contribution >= 0.6 is 12.2 Å². The second-order valence-corrected chi connectivity index (χ2v) is 5.08. The highest BCUT2D eigenvalue weighted by Gasteiger charge is 2.50. The van der Waals surface area contributed by atoms with E-state index in [0.29, 0.717) is 25.3 Å². The van der Waals surface area contributed by atoms with Gasteiger partial charge in [-0.05, 0) is 18.8 Å². The largest absolute Gasteiger partial charge is 0.392 e. The van der Waals surface area contributed by atoms with Crippen molar-refractivity contribution in [3.63, 3.8) is 0 Å². The Morgan fingerprint density at radius 2 is 2.06 bits per heavy atom. The smallest absolute Gasteiger partial charge is 0.233 e. The second kappa shape index (κ2) is 5.44. The molecule has 0 spiro atoms. The summed E-state index contributed by atoms with van der Waals surface area (Å²) in [5.41, 5.74) is 4.96. The normalized spacial score (nSPS) is 26.8. The van der Waals surface area contributed by atoms with Gasteiger partial charge in [0.1, 0.15) is 0 Å². The minimum absolute atomic E-state index is 0.100. The number of carbonyl (C=O) groups is 2. The molecule has 96 valence electrons. The molecule has 0 aromatic rings. The number of amides is 2. The van der Waals surface area contributed by atoms with Crippen molar-refractivity contribution in [2.45, 2.75) is 26.2 Å². The summed E-state index contributed by atoms with van der Waals surface area (Å²) in [5.74, 6) is 0.227. The molecule has 0 aromatic heterocycles. The minimum Gasteiger partial charge on any atom is -0.392 e. The van der Waals surface area contributed by atoms with E-state index in [4.69, 9.17) is 18.0 Å². The van der Waals surface area contributed by atoms with Crippen LogP contribution in [0.4, 0.5) is 0 Å². The fourth-order valence-corrected chi connectivity index (χ4v) is 2.47. The first kappa shape index (κ1) is 13.9. The van der Waals surface area contributed by atoms with Crippen LogP contribution in [0.5, 0.6) is 0 Å². The van der Waals surface area contributed by atoms with Crippen LogP contribution in [-0.4, -0.2) is 30.4 Å². The fourth-order valence-electron chi connectivity index (χ4n) is 2.21. The highest BCUT2D eigenvalue weighted by Crippen LogP contribution is 2.45. The van der Waals surface area contributed by atoms with Gasteiger partial charge in [-0.15, -0.1) is 0 Å². The Hall–Kier alpha value is -1.17. The summed E-state index contributed by atoms with van der Waals surface area (Å²) in [6.45, 7) is 2.38. The zero-order valence-corrected chi connectivity index (χ0v) is 11.0. The Labute approximate surface area is 107 Å². The number of thiocarbonyl (C=S) groups is 1. The zero-order chi connectivity index (χ0) is 13.1. The number of carbonyl (C=O) groups excluding carboxylic acids is 2. The van der Waals surface area contributed by atoms with Crippen molar-refractivity contribution in [3.8, 4) is 0 Å². The molecule has 6 heteroatoms. The van der Waals surface area contributed by atoms with Gasteiger partial charge in [0.25, 0.3) is 0 Å². The van der Waals surface area contributed by atoms with E-state index in [0.717, 1.165) is 0 Å². The lowest BCUT2D eigenvalue weighted by Gasteiger charge is -2.44. The van der Waals surface area contributed by atoms with Gasteiger partial charge < -0.3 is 16.4 Å². The van der Waals surface area contributed by atoms with E-state index in [1.54, 1.807) is 7.05 Å². The number of nitrogens with one attached hydrogen (secondary N) is 2. The lowest BCUT2D eigenvalue weighted by atomic mass is 9.62. The van der Waals surface area contributed by atoms with Crippen LogP contribution in [0.3, 0.4) is 0 Å². The molecule has 2 amide bonds. The third kappa shape index (κ3) is 2.94. The first-order chi connectivity index (χ1) is 7.92. The molecule has 0 heterocycles. The van der Waals surface area contributed by atoms with E-state index in [1.165, 1.54) is 0 Å². The van der Waals surface area contributed by atoms with Gasteiger partial charge >= 0.3 is 0 Å². The van der Waals surface area contributed by atoms with Crippen LogP contribution in [0.1, 0.15) is 26.2 Å². The van der Waals surface area contributed by atoms with Gasteiger partial charge in [0, 0.05) is 20.0 Å². The lowest BCUT2D eigenvalue weighted by molar-refractivity contribution is -0.132. The number of hydrogen-bond donors (Lipinski definition) is 3. The molecule has 4 N–H and O–H groups in total. The van der Waals surface area contributed by atoms with Crippen molar-refractivity contribution in [3.05, 3.63) is 0 Å². The Morgan fingerprint density at radius 1 is 1.47 bits per heavy atom. The number of nitrogens with two attached hydrogens (primary N) is 1. The summed E-state index contributed by atoms with van der Waals surface area (Å²) in [5, 5.41) is 5.22. The molecule has 0 radical (unpaired) electrons. The molecule has 5 nitrogen and oxygen atoms in total. The molecule has 1 rings (SSSR count). The molecule has 0 unspecified atom stereocenters. The maximum Gasteiger partial charge on any atom is 0.233 e. The highest BCUT2D eigenvalue weighted by molar-refractivity contribution is 7.80. The van der Waals surface area contributed by atoms with E-state index in [-0.39, 0.29) is 23.2 Å². The predicted molar refractivity (Wildman–Crippen MR) is 69.3 cm³/mol. The standard InChI is InChI=1S/C11H19N3O2S/c1-7-5-11(6-7,9(12)17)10(16)14-4-3-8(15)13-2/h7H,3-6H2,1-2H3,(H2,12,17)(H,13,15)(H,14,16). The van der Waals surface area contributed by atoms with Crippen molar-refractivity contribution < 1.29 is 9.59 Å². The van der Waals surface area contributed by atoms with Gasteiger partial charge in [0.15, 0.2) is 0 Å². The predicted octanol–water partition coefficient (Wildman–Crippen LogP) is -0.0589. The summed E-state index contributed by atoms with van der Waals surface area (Å²) in [6, 6.07) is 0. The molecule has 0 aromatic carbocycles. The lowest BCUT2D eigenvalue weighted by Crippen LogP contribution is -2.56. The first-order valence-corrected chi connectivity index (χ1v) is 6.12. The van der Waals surface area contributed by atoms with Crippen molar-refractivity contribution in [2.75, 3.05) is 13.6 Å². The average Bonchev–Trinajstić information content (AvgIpc) is 2.23. The van der Waals surface area contributed by atoms with Crippen molar-refractivity contribution >= 4 is 29.0 Å². The van der Waals surface area contributed by atoms with Crippen LogP contribution in [0.25, 0.3) is 0 Å². The topological polar surface area (TPSA) is 84.2 Å². The quantitative estimate of drug-likeness (QED) is 0.603. The molecular formula is C11H19N3O2S. The zero-order valence-electron chi connectivity index (χ0n) is 10.2. The highest BCUT2D eigenvalue weighted by atomic mass is 32.1. The van der Waals surface area contributed by atoms with Gasteiger partial charge in [-0.25, -0.2) is 0 Å². The van der Waals surface area contributed by atoms with E-state index in [1.807, 2.05) is 0 Å². The van der Waals surface area contributed by atoms with Crippen LogP contribution in [-0.2, 0) is 9.59 Å². The molecule has 0 saturated heterocycles. The van der Waals surface area contributed by atoms with Crippen molar-refractivity contribution in [1.82, 2.24) is 10.6 Å². The van der Waals surface area contributed by atoms with Gasteiger partial charge in [-0.3, -0.25) is 9.59 Å². The third-order valence-corrected chi connectivity index (χ3v) is 3.61. The van der Waals surface area contributed by atoms with Crippen LogP contribution in [0, 0.1) is 11.3 Å². The molecule has 1 aliphatic carbocycles.